The van der Waals surface area contributed by atoms with Crippen molar-refractivity contribution >= 4 is 23.6 Å². The lowest BCUT2D eigenvalue weighted by Crippen LogP contribution is -2.64. The Kier molecular flexibility index (Phi) is 4.75. The van der Waals surface area contributed by atoms with Crippen LogP contribution in [-0.4, -0.2) is 59.2 Å². The molecule has 2 aliphatic heterocycles. The van der Waals surface area contributed by atoms with Gasteiger partial charge in [-0.25, -0.2) is 15.2 Å². The van der Waals surface area contributed by atoms with E-state index in [1.807, 2.05) is 44.2 Å². The molecule has 1 aromatic carbocycles. The first kappa shape index (κ1) is 17.7. The van der Waals surface area contributed by atoms with E-state index in [0.717, 1.165) is 16.8 Å². The highest BCUT2D eigenvalue weighted by atomic mass is 16.2. The zero-order valence-corrected chi connectivity index (χ0v) is 15.1. The molecule has 3 amide bonds. The fourth-order valence-corrected chi connectivity index (χ4v) is 2.96. The van der Waals surface area contributed by atoms with E-state index in [2.05, 4.69) is 27.4 Å². The molecule has 8 heteroatoms. The SMILES string of the molecule is C=C(C)CN1C(N/N=C(\C)c2ccccc2)=NC2C1C(=O)NC(=O)N2C. The third kappa shape index (κ3) is 3.30. The summed E-state index contributed by atoms with van der Waals surface area (Å²) < 4.78 is 0. The fraction of sp³-hybridized carbons (Fsp3) is 0.333. The van der Waals surface area contributed by atoms with Crippen LogP contribution < -0.4 is 10.7 Å². The summed E-state index contributed by atoms with van der Waals surface area (Å²) in [6, 6.07) is 8.67. The number of nitrogens with zero attached hydrogens (tertiary/aromatic N) is 4. The number of aliphatic imine (C=N–C) groups is 1. The van der Waals surface area contributed by atoms with E-state index in [-0.39, 0.29) is 5.91 Å². The van der Waals surface area contributed by atoms with Gasteiger partial charge in [-0.05, 0) is 19.4 Å². The second-order valence-electron chi connectivity index (χ2n) is 6.48. The Labute approximate surface area is 152 Å². The summed E-state index contributed by atoms with van der Waals surface area (Å²) in [6.45, 7) is 8.11. The zero-order chi connectivity index (χ0) is 18.8. The molecule has 26 heavy (non-hydrogen) atoms. The predicted octanol–water partition coefficient (Wildman–Crippen LogP) is 1.12. The van der Waals surface area contributed by atoms with Crippen LogP contribution in [0.25, 0.3) is 0 Å². The Morgan fingerprint density at radius 2 is 2.00 bits per heavy atom. The van der Waals surface area contributed by atoms with E-state index in [4.69, 9.17) is 0 Å². The van der Waals surface area contributed by atoms with Gasteiger partial charge in [-0.1, -0.05) is 42.5 Å². The van der Waals surface area contributed by atoms with Gasteiger partial charge in [0.2, 0.25) is 5.96 Å². The van der Waals surface area contributed by atoms with Crippen molar-refractivity contribution in [3.05, 3.63) is 48.0 Å². The number of amides is 3. The second kappa shape index (κ2) is 6.99. The van der Waals surface area contributed by atoms with Gasteiger partial charge in [0.05, 0.1) is 5.71 Å². The van der Waals surface area contributed by atoms with Gasteiger partial charge in [-0.2, -0.15) is 5.10 Å². The van der Waals surface area contributed by atoms with Crippen LogP contribution in [0, 0.1) is 0 Å². The van der Waals surface area contributed by atoms with Crippen LogP contribution >= 0.6 is 0 Å². The Bertz CT molecular complexity index is 801. The normalized spacial score (nSPS) is 22.7. The largest absolute Gasteiger partial charge is 0.325 e. The van der Waals surface area contributed by atoms with Gasteiger partial charge >= 0.3 is 6.03 Å². The topological polar surface area (TPSA) is 89.4 Å². The summed E-state index contributed by atoms with van der Waals surface area (Å²) in [5.41, 5.74) is 5.59. The van der Waals surface area contributed by atoms with Gasteiger partial charge < -0.3 is 9.80 Å². The number of imide groups is 1. The number of hydrazone groups is 1. The van der Waals surface area contributed by atoms with Gasteiger partial charge in [0.15, 0.2) is 12.2 Å². The summed E-state index contributed by atoms with van der Waals surface area (Å²) >= 11 is 0. The number of guanidine groups is 1. The second-order valence-corrected chi connectivity index (χ2v) is 6.48. The van der Waals surface area contributed by atoms with Gasteiger partial charge in [0.25, 0.3) is 5.91 Å². The Hall–Kier alpha value is -3.16. The molecular weight excluding hydrogens is 332 g/mol. The maximum absolute atomic E-state index is 12.4. The molecule has 0 aromatic heterocycles. The Morgan fingerprint density at radius 1 is 1.31 bits per heavy atom. The number of hydrogen-bond donors (Lipinski definition) is 2. The minimum absolute atomic E-state index is 0.372. The number of urea groups is 1. The predicted molar refractivity (Wildman–Crippen MR) is 99.6 cm³/mol. The highest BCUT2D eigenvalue weighted by Gasteiger charge is 2.48. The lowest BCUT2D eigenvalue weighted by atomic mass is 10.1. The number of nitrogens with one attached hydrogen (secondary N) is 2. The minimum atomic E-state index is -0.607. The number of rotatable bonds is 4. The van der Waals surface area contributed by atoms with Crippen molar-refractivity contribution in [3.8, 4) is 0 Å². The maximum atomic E-state index is 12.4. The first-order valence-corrected chi connectivity index (χ1v) is 8.30. The van der Waals surface area contributed by atoms with E-state index in [1.54, 1.807) is 11.9 Å². The van der Waals surface area contributed by atoms with Crippen LogP contribution in [0.4, 0.5) is 4.79 Å². The molecule has 2 heterocycles. The molecule has 2 N–H and O–H groups in total. The molecule has 0 saturated carbocycles. The third-order valence-electron chi connectivity index (χ3n) is 4.32. The van der Waals surface area contributed by atoms with Gasteiger partial charge in [0, 0.05) is 13.6 Å². The van der Waals surface area contributed by atoms with E-state index in [9.17, 15) is 9.59 Å². The lowest BCUT2D eigenvalue weighted by Gasteiger charge is -2.36. The molecule has 0 radical (unpaired) electrons. The quantitative estimate of drug-likeness (QED) is 0.482. The molecule has 1 fully saturated rings. The van der Waals surface area contributed by atoms with Crippen molar-refractivity contribution in [2.24, 2.45) is 10.1 Å². The third-order valence-corrected chi connectivity index (χ3v) is 4.32. The van der Waals surface area contributed by atoms with Crippen LogP contribution in [0.5, 0.6) is 0 Å². The average Bonchev–Trinajstić information content (AvgIpc) is 2.97. The number of carbonyl (C=O) groups excluding carboxylic acids is 2. The number of likely N-dealkylation sites (N-methyl/N-ethyl adjacent to an activating group) is 1. The zero-order valence-electron chi connectivity index (χ0n) is 15.1. The minimum Gasteiger partial charge on any atom is -0.322 e. The first-order chi connectivity index (χ1) is 12.4. The smallest absolute Gasteiger partial charge is 0.322 e. The summed E-state index contributed by atoms with van der Waals surface area (Å²) in [7, 11) is 1.61. The van der Waals surface area contributed by atoms with Crippen LogP contribution in [-0.2, 0) is 4.79 Å². The number of hydrogen-bond acceptors (Lipinski definition) is 6. The monoisotopic (exact) mass is 354 g/mol. The van der Waals surface area contributed by atoms with E-state index in [1.165, 1.54) is 4.90 Å². The van der Waals surface area contributed by atoms with Gasteiger partial charge in [-0.3, -0.25) is 10.1 Å². The highest BCUT2D eigenvalue weighted by Crippen LogP contribution is 2.24. The molecular formula is C18H22N6O2. The van der Waals surface area contributed by atoms with E-state index >= 15 is 0 Å². The lowest BCUT2D eigenvalue weighted by molar-refractivity contribution is -0.127. The van der Waals surface area contributed by atoms with Crippen LogP contribution in [0.3, 0.4) is 0 Å². The molecule has 1 saturated heterocycles. The molecule has 0 aliphatic carbocycles. The van der Waals surface area contributed by atoms with Gasteiger partial charge in [-0.15, -0.1) is 0 Å². The summed E-state index contributed by atoms with van der Waals surface area (Å²) in [5.74, 6) is 0.0682. The van der Waals surface area contributed by atoms with Crippen molar-refractivity contribution in [3.63, 3.8) is 0 Å². The molecule has 2 atom stereocenters. The number of fused-ring (bicyclic) bond motifs is 1. The van der Waals surface area contributed by atoms with E-state index in [0.29, 0.717) is 12.5 Å². The summed E-state index contributed by atoms with van der Waals surface area (Å²) in [6.07, 6.45) is -0.592. The Balaban J connectivity index is 1.87. The van der Waals surface area contributed by atoms with Gasteiger partial charge in [0.1, 0.15) is 0 Å². The van der Waals surface area contributed by atoms with Crippen molar-refractivity contribution < 1.29 is 9.59 Å². The Morgan fingerprint density at radius 3 is 2.65 bits per heavy atom. The molecule has 3 rings (SSSR count). The fourth-order valence-electron chi connectivity index (χ4n) is 2.96. The summed E-state index contributed by atoms with van der Waals surface area (Å²) in [5, 5.41) is 6.75. The molecule has 2 unspecified atom stereocenters. The maximum Gasteiger partial charge on any atom is 0.325 e. The molecule has 136 valence electrons. The van der Waals surface area contributed by atoms with Crippen molar-refractivity contribution in [2.45, 2.75) is 26.1 Å². The van der Waals surface area contributed by atoms with Crippen molar-refractivity contribution in [1.82, 2.24) is 20.5 Å². The van der Waals surface area contributed by atoms with Crippen LogP contribution in [0.1, 0.15) is 19.4 Å². The van der Waals surface area contributed by atoms with Crippen LogP contribution in [0.15, 0.2) is 52.6 Å². The molecule has 0 bridgehead atoms. The van der Waals surface area contributed by atoms with Crippen LogP contribution in [0.2, 0.25) is 0 Å². The number of carbonyl (C=O) groups is 2. The molecule has 8 nitrogen and oxygen atoms in total. The highest BCUT2D eigenvalue weighted by molar-refractivity contribution is 6.04. The van der Waals surface area contributed by atoms with Crippen molar-refractivity contribution in [1.29, 1.82) is 0 Å². The molecule has 1 aromatic rings. The number of benzene rings is 1. The molecule has 2 aliphatic rings. The summed E-state index contributed by atoms with van der Waals surface area (Å²) in [4.78, 5) is 32.0. The molecule has 0 spiro atoms. The van der Waals surface area contributed by atoms with Crippen molar-refractivity contribution in [2.75, 3.05) is 13.6 Å². The van der Waals surface area contributed by atoms with E-state index < -0.39 is 18.2 Å². The first-order valence-electron chi connectivity index (χ1n) is 8.30. The average molecular weight is 354 g/mol. The standard InChI is InChI=1S/C18H22N6O2/c1-11(2)10-24-14-15(23(4)18(26)20-16(14)25)19-17(24)22-21-12(3)13-8-6-5-7-9-13/h5-9,14-15H,1,10H2,2-4H3,(H,19,22)(H,20,25,26)/b21-12+.